The molecule has 1 aromatic carbocycles. The zero-order chi connectivity index (χ0) is 12.1. The lowest BCUT2D eigenvalue weighted by Crippen LogP contribution is -2.02. The van der Waals surface area contributed by atoms with Crippen LogP contribution in [0.1, 0.15) is 13.8 Å². The lowest BCUT2D eigenvalue weighted by Gasteiger charge is -2.10. The molecule has 0 aliphatic carbocycles. The van der Waals surface area contributed by atoms with Gasteiger partial charge >= 0.3 is 0 Å². The minimum Gasteiger partial charge on any atom is -0.493 e. The Morgan fingerprint density at radius 2 is 2.19 bits per heavy atom. The van der Waals surface area contributed by atoms with Crippen molar-refractivity contribution in [3.63, 3.8) is 0 Å². The summed E-state index contributed by atoms with van der Waals surface area (Å²) < 4.78 is 5.93. The van der Waals surface area contributed by atoms with Gasteiger partial charge in [-0.05, 0) is 29.8 Å². The fraction of sp³-hybridized carbons (Fsp3) is 0.400. The highest BCUT2D eigenvalue weighted by molar-refractivity contribution is 9.10. The van der Waals surface area contributed by atoms with Gasteiger partial charge in [0.15, 0.2) is 0 Å². The normalized spacial score (nSPS) is 9.94. The molecule has 16 heavy (non-hydrogen) atoms. The molecule has 0 saturated heterocycles. The van der Waals surface area contributed by atoms with Crippen molar-refractivity contribution >= 4 is 27.3 Å². The van der Waals surface area contributed by atoms with E-state index in [4.69, 9.17) is 4.74 Å². The number of nitrogens with zero attached hydrogens (tertiary/aromatic N) is 1. The van der Waals surface area contributed by atoms with Gasteiger partial charge in [0.25, 0.3) is 5.69 Å². The highest BCUT2D eigenvalue weighted by Gasteiger charge is 2.17. The maximum atomic E-state index is 10.8. The molecule has 1 rings (SSSR count). The molecule has 0 unspecified atom stereocenters. The van der Waals surface area contributed by atoms with Crippen LogP contribution in [0, 0.1) is 10.1 Å². The van der Waals surface area contributed by atoms with Gasteiger partial charge in [0.2, 0.25) is 0 Å². The number of ether oxygens (including phenoxy) is 1. The van der Waals surface area contributed by atoms with Crippen molar-refractivity contribution in [1.29, 1.82) is 0 Å². The monoisotopic (exact) mass is 288 g/mol. The standard InChI is InChI=1S/C10H13BrN2O3/c1-3-12-8-6-10(16-4-2)7(11)5-9(8)13(14)15/h5-6,12H,3-4H2,1-2H3. The average Bonchev–Trinajstić information content (AvgIpc) is 2.23. The number of rotatable bonds is 5. The SMILES string of the molecule is CCNc1cc(OCC)c(Br)cc1[N+](=O)[O-]. The molecule has 0 bridgehead atoms. The molecule has 6 heteroatoms. The Morgan fingerprint density at radius 1 is 1.50 bits per heavy atom. The Balaban J connectivity index is 3.19. The van der Waals surface area contributed by atoms with Crippen molar-refractivity contribution in [1.82, 2.24) is 0 Å². The average molecular weight is 289 g/mol. The van der Waals surface area contributed by atoms with Gasteiger partial charge in [0, 0.05) is 18.7 Å². The van der Waals surface area contributed by atoms with Gasteiger partial charge in [0.1, 0.15) is 11.4 Å². The molecule has 0 aliphatic rings. The van der Waals surface area contributed by atoms with Gasteiger partial charge in [-0.3, -0.25) is 10.1 Å². The molecule has 0 radical (unpaired) electrons. The summed E-state index contributed by atoms with van der Waals surface area (Å²) in [5.74, 6) is 0.601. The molecule has 0 aromatic heterocycles. The van der Waals surface area contributed by atoms with Crippen molar-refractivity contribution in [2.45, 2.75) is 13.8 Å². The highest BCUT2D eigenvalue weighted by atomic mass is 79.9. The molecule has 1 aromatic rings. The van der Waals surface area contributed by atoms with Crippen molar-refractivity contribution in [2.24, 2.45) is 0 Å². The van der Waals surface area contributed by atoms with Crippen LogP contribution in [0.25, 0.3) is 0 Å². The van der Waals surface area contributed by atoms with E-state index in [0.29, 0.717) is 29.1 Å². The van der Waals surface area contributed by atoms with Gasteiger partial charge in [-0.2, -0.15) is 0 Å². The first-order valence-corrected chi connectivity index (χ1v) is 5.74. The number of halogens is 1. The lowest BCUT2D eigenvalue weighted by atomic mass is 10.2. The van der Waals surface area contributed by atoms with Crippen LogP contribution in [-0.2, 0) is 0 Å². The van der Waals surface area contributed by atoms with E-state index < -0.39 is 4.92 Å². The van der Waals surface area contributed by atoms with Crippen molar-refractivity contribution < 1.29 is 9.66 Å². The van der Waals surface area contributed by atoms with Crippen LogP contribution < -0.4 is 10.1 Å². The van der Waals surface area contributed by atoms with E-state index in [1.54, 1.807) is 6.07 Å². The smallest absolute Gasteiger partial charge is 0.293 e. The van der Waals surface area contributed by atoms with E-state index in [0.717, 1.165) is 0 Å². The summed E-state index contributed by atoms with van der Waals surface area (Å²) in [6.07, 6.45) is 0. The van der Waals surface area contributed by atoms with Gasteiger partial charge < -0.3 is 10.1 Å². The Labute approximate surface area is 102 Å². The van der Waals surface area contributed by atoms with Crippen LogP contribution in [-0.4, -0.2) is 18.1 Å². The van der Waals surface area contributed by atoms with Gasteiger partial charge in [-0.1, -0.05) is 0 Å². The van der Waals surface area contributed by atoms with Gasteiger partial charge in [-0.25, -0.2) is 0 Å². The second-order valence-electron chi connectivity index (χ2n) is 3.02. The first kappa shape index (κ1) is 12.8. The molecule has 0 saturated carbocycles. The van der Waals surface area contributed by atoms with Crippen LogP contribution >= 0.6 is 15.9 Å². The molecular formula is C10H13BrN2O3. The maximum Gasteiger partial charge on any atom is 0.293 e. The van der Waals surface area contributed by atoms with Crippen LogP contribution in [0.15, 0.2) is 16.6 Å². The Morgan fingerprint density at radius 3 is 2.69 bits per heavy atom. The fourth-order valence-corrected chi connectivity index (χ4v) is 1.74. The highest BCUT2D eigenvalue weighted by Crippen LogP contribution is 2.35. The summed E-state index contributed by atoms with van der Waals surface area (Å²) in [4.78, 5) is 10.4. The van der Waals surface area contributed by atoms with Crippen LogP contribution in [0.5, 0.6) is 5.75 Å². The summed E-state index contributed by atoms with van der Waals surface area (Å²) in [6.45, 7) is 4.88. The minimum atomic E-state index is -0.418. The van der Waals surface area contributed by atoms with Crippen molar-refractivity contribution in [3.05, 3.63) is 26.7 Å². The Hall–Kier alpha value is -1.30. The number of hydrogen-bond acceptors (Lipinski definition) is 4. The molecule has 0 spiro atoms. The molecular weight excluding hydrogens is 276 g/mol. The Bertz CT molecular complexity index is 396. The summed E-state index contributed by atoms with van der Waals surface area (Å²) in [5, 5.41) is 13.8. The molecule has 0 heterocycles. The Kier molecular flexibility index (Phi) is 4.54. The van der Waals surface area contributed by atoms with E-state index in [1.165, 1.54) is 6.07 Å². The summed E-state index contributed by atoms with van der Waals surface area (Å²) in [6, 6.07) is 3.08. The number of nitro benzene ring substituents is 1. The summed E-state index contributed by atoms with van der Waals surface area (Å²) in [5.41, 5.74) is 0.510. The molecule has 5 nitrogen and oxygen atoms in total. The fourth-order valence-electron chi connectivity index (χ4n) is 1.29. The lowest BCUT2D eigenvalue weighted by molar-refractivity contribution is -0.384. The number of hydrogen-bond donors (Lipinski definition) is 1. The molecule has 0 aliphatic heterocycles. The zero-order valence-corrected chi connectivity index (χ0v) is 10.7. The first-order valence-electron chi connectivity index (χ1n) is 4.94. The van der Waals surface area contributed by atoms with Crippen LogP contribution in [0.2, 0.25) is 0 Å². The third kappa shape index (κ3) is 2.85. The molecule has 88 valence electrons. The van der Waals surface area contributed by atoms with Gasteiger partial charge in [-0.15, -0.1) is 0 Å². The van der Waals surface area contributed by atoms with Crippen LogP contribution in [0.3, 0.4) is 0 Å². The number of benzene rings is 1. The molecule has 1 N–H and O–H groups in total. The largest absolute Gasteiger partial charge is 0.493 e. The summed E-state index contributed by atoms with van der Waals surface area (Å²) in [7, 11) is 0. The minimum absolute atomic E-state index is 0.0391. The number of nitro groups is 1. The number of nitrogens with one attached hydrogen (secondary N) is 1. The predicted molar refractivity (Wildman–Crippen MR) is 66.1 cm³/mol. The topological polar surface area (TPSA) is 64.4 Å². The second kappa shape index (κ2) is 5.69. The van der Waals surface area contributed by atoms with E-state index in [-0.39, 0.29) is 5.69 Å². The van der Waals surface area contributed by atoms with E-state index >= 15 is 0 Å². The summed E-state index contributed by atoms with van der Waals surface area (Å²) >= 11 is 3.24. The van der Waals surface area contributed by atoms with Crippen molar-refractivity contribution in [3.8, 4) is 5.75 Å². The van der Waals surface area contributed by atoms with Gasteiger partial charge in [0.05, 0.1) is 16.0 Å². The number of anilines is 1. The molecule has 0 atom stereocenters. The third-order valence-electron chi connectivity index (χ3n) is 1.91. The van der Waals surface area contributed by atoms with E-state index in [9.17, 15) is 10.1 Å². The second-order valence-corrected chi connectivity index (χ2v) is 3.87. The van der Waals surface area contributed by atoms with Crippen molar-refractivity contribution in [2.75, 3.05) is 18.5 Å². The molecule has 0 fully saturated rings. The molecule has 0 amide bonds. The van der Waals surface area contributed by atoms with E-state index in [2.05, 4.69) is 21.2 Å². The van der Waals surface area contributed by atoms with E-state index in [1.807, 2.05) is 13.8 Å². The predicted octanol–water partition coefficient (Wildman–Crippen LogP) is 3.19. The zero-order valence-electron chi connectivity index (χ0n) is 9.12. The maximum absolute atomic E-state index is 10.8. The first-order chi connectivity index (χ1) is 7.60. The van der Waals surface area contributed by atoms with Crippen LogP contribution in [0.4, 0.5) is 11.4 Å². The third-order valence-corrected chi connectivity index (χ3v) is 2.53. The quantitative estimate of drug-likeness (QED) is 0.668.